The Bertz CT molecular complexity index is 701. The van der Waals surface area contributed by atoms with Crippen molar-refractivity contribution in [1.82, 2.24) is 19.5 Å². The Morgan fingerprint density at radius 3 is 2.61 bits per heavy atom. The molecule has 5 heteroatoms. The van der Waals surface area contributed by atoms with Gasteiger partial charge in [-0.25, -0.2) is 15.0 Å². The second kappa shape index (κ2) is 4.10. The molecule has 0 aliphatic heterocycles. The van der Waals surface area contributed by atoms with Gasteiger partial charge in [0.1, 0.15) is 5.69 Å². The fourth-order valence-corrected chi connectivity index (χ4v) is 1.96. The molecular formula is C13H13N5. The Hall–Kier alpha value is -2.43. The van der Waals surface area contributed by atoms with Gasteiger partial charge in [0.25, 0.3) is 0 Å². The summed E-state index contributed by atoms with van der Waals surface area (Å²) in [4.78, 5) is 13.2. The minimum absolute atomic E-state index is 0.412. The van der Waals surface area contributed by atoms with E-state index in [1.807, 2.05) is 35.0 Å². The average molecular weight is 239 g/mol. The van der Waals surface area contributed by atoms with E-state index in [0.717, 1.165) is 23.4 Å². The number of hydrogen-bond donors (Lipinski definition) is 1. The van der Waals surface area contributed by atoms with E-state index in [0.29, 0.717) is 11.5 Å². The average Bonchev–Trinajstić information content (AvgIpc) is 2.86. The smallest absolute Gasteiger partial charge is 0.162 e. The summed E-state index contributed by atoms with van der Waals surface area (Å²) < 4.78 is 2.00. The molecule has 0 fully saturated rings. The summed E-state index contributed by atoms with van der Waals surface area (Å²) in [5.41, 5.74) is 8.24. The van der Waals surface area contributed by atoms with E-state index in [-0.39, 0.29) is 0 Å². The summed E-state index contributed by atoms with van der Waals surface area (Å²) in [5, 5.41) is 0. The largest absolute Gasteiger partial charge is 0.382 e. The number of aryl methyl sites for hydroxylation is 1. The topological polar surface area (TPSA) is 69.6 Å². The number of nitrogens with zero attached hydrogens (tertiary/aromatic N) is 4. The maximum Gasteiger partial charge on any atom is 0.162 e. The maximum atomic E-state index is 5.97. The van der Waals surface area contributed by atoms with Crippen molar-refractivity contribution in [2.75, 3.05) is 5.73 Å². The first kappa shape index (κ1) is 10.7. The van der Waals surface area contributed by atoms with Crippen LogP contribution >= 0.6 is 0 Å². The number of rotatable bonds is 2. The molecule has 3 aromatic rings. The fourth-order valence-electron chi connectivity index (χ4n) is 1.96. The van der Waals surface area contributed by atoms with E-state index >= 15 is 0 Å². The molecule has 0 spiro atoms. The quantitative estimate of drug-likeness (QED) is 0.743. The van der Waals surface area contributed by atoms with Gasteiger partial charge in [0.2, 0.25) is 0 Å². The predicted molar refractivity (Wildman–Crippen MR) is 70.8 cm³/mol. The van der Waals surface area contributed by atoms with Crippen LogP contribution in [0.5, 0.6) is 0 Å². The van der Waals surface area contributed by atoms with E-state index in [9.17, 15) is 0 Å². The third-order valence-electron chi connectivity index (χ3n) is 2.87. The highest BCUT2D eigenvalue weighted by Crippen LogP contribution is 2.23. The highest BCUT2D eigenvalue weighted by atomic mass is 15.1. The van der Waals surface area contributed by atoms with Crippen LogP contribution in [-0.2, 0) is 6.54 Å². The second-order valence-electron chi connectivity index (χ2n) is 3.98. The molecule has 0 atom stereocenters. The van der Waals surface area contributed by atoms with Crippen molar-refractivity contribution in [3.63, 3.8) is 0 Å². The summed E-state index contributed by atoms with van der Waals surface area (Å²) in [6.45, 7) is 2.87. The lowest BCUT2D eigenvalue weighted by molar-refractivity contribution is 0.768. The Kier molecular flexibility index (Phi) is 2.44. The number of aromatic nitrogens is 4. The number of fused-ring (bicyclic) bond motifs is 1. The zero-order chi connectivity index (χ0) is 12.5. The van der Waals surface area contributed by atoms with Crippen molar-refractivity contribution in [1.29, 1.82) is 0 Å². The van der Waals surface area contributed by atoms with E-state index in [1.165, 1.54) is 0 Å². The molecule has 2 N–H and O–H groups in total. The molecule has 5 nitrogen and oxygen atoms in total. The van der Waals surface area contributed by atoms with Gasteiger partial charge >= 0.3 is 0 Å². The molecule has 0 unspecified atom stereocenters. The highest BCUT2D eigenvalue weighted by Gasteiger charge is 2.12. The van der Waals surface area contributed by atoms with Crippen LogP contribution in [-0.4, -0.2) is 19.5 Å². The van der Waals surface area contributed by atoms with Gasteiger partial charge in [-0.2, -0.15) is 0 Å². The zero-order valence-corrected chi connectivity index (χ0v) is 10.0. The molecule has 0 aliphatic carbocycles. The monoisotopic (exact) mass is 239 g/mol. The summed E-state index contributed by atoms with van der Waals surface area (Å²) >= 11 is 0. The minimum atomic E-state index is 0.412. The molecule has 18 heavy (non-hydrogen) atoms. The first-order chi connectivity index (χ1) is 8.79. The number of imidazole rings is 1. The Morgan fingerprint density at radius 1 is 1.17 bits per heavy atom. The van der Waals surface area contributed by atoms with E-state index in [2.05, 4.69) is 21.9 Å². The van der Waals surface area contributed by atoms with Gasteiger partial charge in [-0.1, -0.05) is 12.1 Å². The Labute approximate surface area is 104 Å². The van der Waals surface area contributed by atoms with Crippen LogP contribution in [0.3, 0.4) is 0 Å². The molecule has 0 radical (unpaired) electrons. The fraction of sp³-hybridized carbons (Fsp3) is 0.154. The lowest BCUT2D eigenvalue weighted by Gasteiger charge is -2.07. The molecule has 0 saturated carbocycles. The number of benzene rings is 1. The highest BCUT2D eigenvalue weighted by molar-refractivity contribution is 5.80. The first-order valence-electron chi connectivity index (χ1n) is 5.83. The molecule has 1 aromatic carbocycles. The molecule has 2 heterocycles. The lowest BCUT2D eigenvalue weighted by Crippen LogP contribution is -2.03. The van der Waals surface area contributed by atoms with Gasteiger partial charge < -0.3 is 10.3 Å². The normalized spacial score (nSPS) is 10.9. The van der Waals surface area contributed by atoms with Gasteiger partial charge in [0.15, 0.2) is 11.6 Å². The van der Waals surface area contributed by atoms with Gasteiger partial charge in [0, 0.05) is 18.9 Å². The van der Waals surface area contributed by atoms with E-state index in [4.69, 9.17) is 5.73 Å². The third-order valence-corrected chi connectivity index (χ3v) is 2.87. The van der Waals surface area contributed by atoms with Crippen LogP contribution in [0, 0.1) is 0 Å². The number of hydrogen-bond acceptors (Lipinski definition) is 4. The number of nitrogen functional groups attached to an aromatic ring is 1. The van der Waals surface area contributed by atoms with Crippen molar-refractivity contribution in [2.24, 2.45) is 0 Å². The summed E-state index contributed by atoms with van der Waals surface area (Å²) in [6.07, 6.45) is 3.65. The van der Waals surface area contributed by atoms with Gasteiger partial charge in [-0.3, -0.25) is 0 Å². The van der Waals surface area contributed by atoms with Crippen LogP contribution in [0.1, 0.15) is 6.92 Å². The van der Waals surface area contributed by atoms with Crippen molar-refractivity contribution in [2.45, 2.75) is 13.5 Å². The van der Waals surface area contributed by atoms with Gasteiger partial charge in [-0.15, -0.1) is 0 Å². The van der Waals surface area contributed by atoms with Gasteiger partial charge in [0.05, 0.1) is 11.0 Å². The van der Waals surface area contributed by atoms with Crippen molar-refractivity contribution in [3.8, 4) is 11.5 Å². The zero-order valence-electron chi connectivity index (χ0n) is 10.0. The predicted octanol–water partition coefficient (Wildman–Crippen LogP) is 2.10. The maximum absolute atomic E-state index is 5.97. The van der Waals surface area contributed by atoms with E-state index < -0.39 is 0 Å². The standard InChI is InChI=1S/C13H13N5/c1-2-18-8-7-15-13(18)11-12(14)17-10-6-4-3-5-9(10)16-11/h3-8H,2H2,1H3,(H2,14,17). The number of nitrogens with two attached hydrogens (primary N) is 1. The van der Waals surface area contributed by atoms with Gasteiger partial charge in [-0.05, 0) is 19.1 Å². The molecule has 0 saturated heterocycles. The molecule has 90 valence electrons. The van der Waals surface area contributed by atoms with Crippen LogP contribution in [0.4, 0.5) is 5.82 Å². The molecule has 3 rings (SSSR count). The van der Waals surface area contributed by atoms with Crippen LogP contribution in [0.15, 0.2) is 36.7 Å². The summed E-state index contributed by atoms with van der Waals surface area (Å²) in [7, 11) is 0. The molecule has 0 bridgehead atoms. The SMILES string of the molecule is CCn1ccnc1-c1nc2ccccc2nc1N. The van der Waals surface area contributed by atoms with Crippen molar-refractivity contribution in [3.05, 3.63) is 36.7 Å². The Balaban J connectivity index is 2.26. The van der Waals surface area contributed by atoms with Crippen molar-refractivity contribution < 1.29 is 0 Å². The Morgan fingerprint density at radius 2 is 1.89 bits per heavy atom. The van der Waals surface area contributed by atoms with E-state index in [1.54, 1.807) is 6.20 Å². The van der Waals surface area contributed by atoms with Crippen molar-refractivity contribution >= 4 is 16.9 Å². The summed E-state index contributed by atoms with van der Waals surface area (Å²) in [5.74, 6) is 1.17. The molecule has 0 amide bonds. The first-order valence-corrected chi connectivity index (χ1v) is 5.83. The number of anilines is 1. The third kappa shape index (κ3) is 1.60. The minimum Gasteiger partial charge on any atom is -0.382 e. The molecule has 2 aromatic heterocycles. The van der Waals surface area contributed by atoms with Crippen LogP contribution in [0.25, 0.3) is 22.6 Å². The summed E-state index contributed by atoms with van der Waals surface area (Å²) in [6, 6.07) is 7.67. The van der Waals surface area contributed by atoms with Crippen LogP contribution in [0.2, 0.25) is 0 Å². The number of para-hydroxylation sites is 2. The molecule has 0 aliphatic rings. The van der Waals surface area contributed by atoms with Crippen LogP contribution < -0.4 is 5.73 Å². The lowest BCUT2D eigenvalue weighted by atomic mass is 10.2. The molecular weight excluding hydrogens is 226 g/mol. The second-order valence-corrected chi connectivity index (χ2v) is 3.98.